The lowest BCUT2D eigenvalue weighted by Gasteiger charge is -2.17. The summed E-state index contributed by atoms with van der Waals surface area (Å²) < 4.78 is 26.8. The van der Waals surface area contributed by atoms with Crippen molar-refractivity contribution in [3.05, 3.63) is 82.0 Å². The molecule has 0 aliphatic rings. The quantitative estimate of drug-likeness (QED) is 0.679. The van der Waals surface area contributed by atoms with Crippen LogP contribution in [0.1, 0.15) is 22.7 Å². The first-order chi connectivity index (χ1) is 12.9. The van der Waals surface area contributed by atoms with Gasteiger partial charge in [-0.05, 0) is 48.4 Å². The summed E-state index contributed by atoms with van der Waals surface area (Å²) in [6, 6.07) is 11.8. The molecule has 0 radical (unpaired) electrons. The van der Waals surface area contributed by atoms with Crippen LogP contribution in [0.2, 0.25) is 5.02 Å². The average molecular weight is 406 g/mol. The summed E-state index contributed by atoms with van der Waals surface area (Å²) >= 11 is 7.25. The number of halogens is 3. The maximum absolute atomic E-state index is 13.8. The number of nitrogens with zero attached hydrogens (tertiary/aromatic N) is 2. The monoisotopic (exact) mass is 405 g/mol. The molecule has 1 unspecified atom stereocenters. The number of carbonyl (C=O) groups is 1. The summed E-state index contributed by atoms with van der Waals surface area (Å²) in [5.41, 5.74) is 7.29. The Balaban J connectivity index is 1.91. The Morgan fingerprint density at radius 1 is 1.15 bits per heavy atom. The molecule has 8 heteroatoms. The number of amides is 1. The number of primary amides is 1. The molecule has 2 aromatic carbocycles. The third-order valence-electron chi connectivity index (χ3n) is 3.91. The highest BCUT2D eigenvalue weighted by atomic mass is 35.5. The minimum Gasteiger partial charge on any atom is -0.369 e. The Bertz CT molecular complexity index is 978. The average Bonchev–Trinajstić information content (AvgIpc) is 2.61. The zero-order chi connectivity index (χ0) is 19.6. The smallest absolute Gasteiger partial charge is 0.231 e. The molecule has 0 saturated heterocycles. The fourth-order valence-corrected chi connectivity index (χ4v) is 3.72. The van der Waals surface area contributed by atoms with Gasteiger partial charge in [-0.2, -0.15) is 5.10 Å². The molecule has 1 atom stereocenters. The van der Waals surface area contributed by atoms with Crippen LogP contribution in [0, 0.1) is 18.6 Å². The molecule has 138 valence electrons. The summed E-state index contributed by atoms with van der Waals surface area (Å²) in [6.45, 7) is 1.83. The third-order valence-corrected chi connectivity index (χ3v) is 5.22. The molecule has 0 aliphatic heterocycles. The first-order valence-electron chi connectivity index (χ1n) is 7.87. The van der Waals surface area contributed by atoms with Crippen molar-refractivity contribution in [2.45, 2.75) is 22.8 Å². The van der Waals surface area contributed by atoms with Gasteiger partial charge in [0.2, 0.25) is 5.91 Å². The predicted molar refractivity (Wildman–Crippen MR) is 99.7 cm³/mol. The van der Waals surface area contributed by atoms with E-state index in [-0.39, 0.29) is 4.90 Å². The Labute approximate surface area is 163 Å². The lowest BCUT2D eigenvalue weighted by Crippen LogP contribution is -2.24. The molecule has 4 nitrogen and oxygen atoms in total. The fraction of sp³-hybridized carbons (Fsp3) is 0.105. The highest BCUT2D eigenvalue weighted by Gasteiger charge is 2.26. The van der Waals surface area contributed by atoms with Gasteiger partial charge in [0, 0.05) is 16.0 Å². The lowest BCUT2D eigenvalue weighted by atomic mass is 9.91. The zero-order valence-corrected chi connectivity index (χ0v) is 15.7. The molecule has 0 spiro atoms. The Morgan fingerprint density at radius 3 is 2.52 bits per heavy atom. The normalized spacial score (nSPS) is 12.0. The zero-order valence-electron chi connectivity index (χ0n) is 14.1. The number of nitrogens with two attached hydrogens (primary N) is 1. The van der Waals surface area contributed by atoms with Crippen molar-refractivity contribution >= 4 is 29.3 Å². The number of hydrogen-bond donors (Lipinski definition) is 1. The third kappa shape index (κ3) is 4.26. The first kappa shape index (κ1) is 19.3. The molecule has 0 fully saturated rings. The van der Waals surface area contributed by atoms with E-state index in [4.69, 9.17) is 17.3 Å². The number of benzene rings is 2. The van der Waals surface area contributed by atoms with Crippen molar-refractivity contribution in [2.24, 2.45) is 5.73 Å². The van der Waals surface area contributed by atoms with Crippen LogP contribution in [-0.4, -0.2) is 16.1 Å². The van der Waals surface area contributed by atoms with Gasteiger partial charge in [-0.3, -0.25) is 4.79 Å². The van der Waals surface area contributed by atoms with Crippen LogP contribution in [0.3, 0.4) is 0 Å². The van der Waals surface area contributed by atoms with Crippen LogP contribution in [0.4, 0.5) is 8.78 Å². The van der Waals surface area contributed by atoms with E-state index in [2.05, 4.69) is 10.2 Å². The highest BCUT2D eigenvalue weighted by Crippen LogP contribution is 2.33. The van der Waals surface area contributed by atoms with Crippen LogP contribution < -0.4 is 5.73 Å². The van der Waals surface area contributed by atoms with Gasteiger partial charge in [0.15, 0.2) is 0 Å². The fourth-order valence-electron chi connectivity index (χ4n) is 2.66. The topological polar surface area (TPSA) is 68.9 Å². The molecular formula is C19H14ClF2N3OS. The van der Waals surface area contributed by atoms with Gasteiger partial charge in [-0.1, -0.05) is 35.5 Å². The first-order valence-corrected chi connectivity index (χ1v) is 9.07. The van der Waals surface area contributed by atoms with E-state index in [0.29, 0.717) is 21.3 Å². The second-order valence-electron chi connectivity index (χ2n) is 5.78. The molecule has 0 saturated carbocycles. The van der Waals surface area contributed by atoms with Gasteiger partial charge >= 0.3 is 0 Å². The predicted octanol–water partition coefficient (Wildman–Crippen LogP) is 4.49. The molecule has 2 N–H and O–H groups in total. The molecular weight excluding hydrogens is 392 g/mol. The standard InChI is InChI=1S/C19H14ClF2N3OS/c1-10-3-2-4-12(20)17(10)18(19(23)26)14-6-8-16(25-24-14)27-15-7-5-11(21)9-13(15)22/h2-9,18H,1H3,(H2,23,26). The second kappa shape index (κ2) is 8.02. The van der Waals surface area contributed by atoms with Gasteiger partial charge < -0.3 is 5.73 Å². The molecule has 0 bridgehead atoms. The van der Waals surface area contributed by atoms with E-state index in [1.54, 1.807) is 24.3 Å². The van der Waals surface area contributed by atoms with Crippen molar-refractivity contribution in [1.82, 2.24) is 10.2 Å². The second-order valence-corrected chi connectivity index (χ2v) is 7.25. The van der Waals surface area contributed by atoms with E-state index in [9.17, 15) is 13.6 Å². The van der Waals surface area contributed by atoms with Crippen LogP contribution in [-0.2, 0) is 4.79 Å². The van der Waals surface area contributed by atoms with Crippen molar-refractivity contribution in [1.29, 1.82) is 0 Å². The van der Waals surface area contributed by atoms with E-state index in [1.807, 2.05) is 13.0 Å². The summed E-state index contributed by atoms with van der Waals surface area (Å²) in [7, 11) is 0. The molecule has 3 rings (SSSR count). The Hall–Kier alpha value is -2.51. The van der Waals surface area contributed by atoms with Crippen molar-refractivity contribution < 1.29 is 13.6 Å². The molecule has 27 heavy (non-hydrogen) atoms. The van der Waals surface area contributed by atoms with Crippen LogP contribution in [0.25, 0.3) is 0 Å². The Morgan fingerprint density at radius 2 is 1.93 bits per heavy atom. The van der Waals surface area contributed by atoms with E-state index < -0.39 is 23.5 Å². The van der Waals surface area contributed by atoms with Crippen LogP contribution in [0.15, 0.2) is 58.5 Å². The van der Waals surface area contributed by atoms with E-state index >= 15 is 0 Å². The summed E-state index contributed by atoms with van der Waals surface area (Å²) in [5.74, 6) is -2.80. The Kier molecular flexibility index (Phi) is 5.72. The number of rotatable bonds is 5. The van der Waals surface area contributed by atoms with Gasteiger partial charge in [0.25, 0.3) is 0 Å². The van der Waals surface area contributed by atoms with Gasteiger partial charge in [0.1, 0.15) is 22.6 Å². The summed E-state index contributed by atoms with van der Waals surface area (Å²) in [5, 5.41) is 8.90. The highest BCUT2D eigenvalue weighted by molar-refractivity contribution is 7.99. The van der Waals surface area contributed by atoms with E-state index in [1.165, 1.54) is 6.07 Å². The van der Waals surface area contributed by atoms with E-state index in [0.717, 1.165) is 29.5 Å². The number of carbonyl (C=O) groups excluding carboxylic acids is 1. The maximum Gasteiger partial charge on any atom is 0.231 e. The minimum absolute atomic E-state index is 0.215. The minimum atomic E-state index is -0.854. The lowest BCUT2D eigenvalue weighted by molar-refractivity contribution is -0.118. The molecule has 1 amide bonds. The molecule has 3 aromatic rings. The molecule has 1 aromatic heterocycles. The van der Waals surface area contributed by atoms with Gasteiger partial charge in [-0.15, -0.1) is 5.10 Å². The summed E-state index contributed by atoms with van der Waals surface area (Å²) in [6.07, 6.45) is 0. The van der Waals surface area contributed by atoms with Gasteiger partial charge in [-0.25, -0.2) is 8.78 Å². The number of aromatic nitrogens is 2. The van der Waals surface area contributed by atoms with Crippen LogP contribution in [0.5, 0.6) is 0 Å². The number of aryl methyl sites for hydroxylation is 1. The molecule has 1 heterocycles. The molecule has 0 aliphatic carbocycles. The SMILES string of the molecule is Cc1cccc(Cl)c1C(C(N)=O)c1ccc(Sc2ccc(F)cc2F)nn1. The number of hydrogen-bond acceptors (Lipinski definition) is 4. The largest absolute Gasteiger partial charge is 0.369 e. The van der Waals surface area contributed by atoms with Crippen molar-refractivity contribution in [2.75, 3.05) is 0 Å². The van der Waals surface area contributed by atoms with Crippen LogP contribution >= 0.6 is 23.4 Å². The maximum atomic E-state index is 13.8. The van der Waals surface area contributed by atoms with Crippen molar-refractivity contribution in [3.63, 3.8) is 0 Å². The van der Waals surface area contributed by atoms with Crippen molar-refractivity contribution in [3.8, 4) is 0 Å². The summed E-state index contributed by atoms with van der Waals surface area (Å²) in [4.78, 5) is 12.3. The van der Waals surface area contributed by atoms with Gasteiger partial charge in [0.05, 0.1) is 5.69 Å².